The summed E-state index contributed by atoms with van der Waals surface area (Å²) in [6, 6.07) is 5.26. The van der Waals surface area contributed by atoms with Crippen LogP contribution in [0.3, 0.4) is 0 Å². The zero-order valence-corrected chi connectivity index (χ0v) is 10.5. The molecule has 0 saturated carbocycles. The Bertz CT molecular complexity index is 440. The van der Waals surface area contributed by atoms with Gasteiger partial charge in [0, 0.05) is 18.5 Å². The van der Waals surface area contributed by atoms with Crippen LogP contribution in [0.1, 0.15) is 18.9 Å². The second kappa shape index (κ2) is 6.56. The third-order valence-corrected chi connectivity index (χ3v) is 2.91. The Morgan fingerprint density at radius 2 is 2.05 bits per heavy atom. The molecule has 3 nitrogen and oxygen atoms in total. The lowest BCUT2D eigenvalue weighted by Gasteiger charge is -2.30. The molecule has 106 valence electrons. The molecular weight excluding hydrogens is 259 g/mol. The fourth-order valence-corrected chi connectivity index (χ4v) is 1.96. The Balaban J connectivity index is 3.31. The summed E-state index contributed by atoms with van der Waals surface area (Å²) in [7, 11) is 0. The summed E-state index contributed by atoms with van der Waals surface area (Å²) in [4.78, 5) is 12.0. The minimum Gasteiger partial charge on any atom is -0.465 e. The first kappa shape index (κ1) is 15.5. The molecule has 0 aliphatic carbocycles. The van der Waals surface area contributed by atoms with Crippen molar-refractivity contribution in [2.75, 3.05) is 13.2 Å². The van der Waals surface area contributed by atoms with E-state index >= 15 is 0 Å². The van der Waals surface area contributed by atoms with Crippen LogP contribution in [-0.4, -0.2) is 25.5 Å². The van der Waals surface area contributed by atoms with Crippen molar-refractivity contribution in [3.63, 3.8) is 0 Å². The van der Waals surface area contributed by atoms with Gasteiger partial charge >= 0.3 is 5.97 Å². The van der Waals surface area contributed by atoms with Gasteiger partial charge in [0.25, 0.3) is 0 Å². The topological polar surface area (TPSA) is 52.3 Å². The fourth-order valence-electron chi connectivity index (χ4n) is 1.96. The van der Waals surface area contributed by atoms with Gasteiger partial charge in [-0.3, -0.25) is 4.79 Å². The summed E-state index contributed by atoms with van der Waals surface area (Å²) in [5.41, 5.74) is 3.48. The SMILES string of the molecule is CCOC(=O)C(CN)(CC(F)F)c1ccccc1F. The van der Waals surface area contributed by atoms with Crippen LogP contribution >= 0.6 is 0 Å². The number of carbonyl (C=O) groups is 1. The number of ether oxygens (including phenoxy) is 1. The van der Waals surface area contributed by atoms with Gasteiger partial charge in [-0.1, -0.05) is 18.2 Å². The van der Waals surface area contributed by atoms with Gasteiger partial charge in [-0.15, -0.1) is 0 Å². The Kier molecular flexibility index (Phi) is 5.35. The van der Waals surface area contributed by atoms with E-state index in [1.54, 1.807) is 6.92 Å². The monoisotopic (exact) mass is 275 g/mol. The van der Waals surface area contributed by atoms with Crippen molar-refractivity contribution >= 4 is 5.97 Å². The number of hydrogen-bond acceptors (Lipinski definition) is 3. The number of carbonyl (C=O) groups excluding carboxylic acids is 1. The molecule has 0 amide bonds. The highest BCUT2D eigenvalue weighted by Crippen LogP contribution is 2.33. The number of rotatable bonds is 6. The van der Waals surface area contributed by atoms with E-state index in [1.165, 1.54) is 18.2 Å². The highest BCUT2D eigenvalue weighted by atomic mass is 19.3. The van der Waals surface area contributed by atoms with Gasteiger partial charge in [-0.25, -0.2) is 13.2 Å². The van der Waals surface area contributed by atoms with Crippen molar-refractivity contribution in [1.29, 1.82) is 0 Å². The average Bonchev–Trinajstić information content (AvgIpc) is 2.36. The lowest BCUT2D eigenvalue weighted by Crippen LogP contribution is -2.46. The Labute approximate surface area is 109 Å². The van der Waals surface area contributed by atoms with Crippen LogP contribution < -0.4 is 5.73 Å². The molecule has 1 atom stereocenters. The third kappa shape index (κ3) is 3.26. The molecule has 0 spiro atoms. The quantitative estimate of drug-likeness (QED) is 0.810. The molecule has 6 heteroatoms. The van der Waals surface area contributed by atoms with E-state index in [4.69, 9.17) is 10.5 Å². The molecule has 0 saturated heterocycles. The number of halogens is 3. The van der Waals surface area contributed by atoms with Crippen LogP contribution in [0.15, 0.2) is 24.3 Å². The van der Waals surface area contributed by atoms with Gasteiger partial charge in [0.15, 0.2) is 0 Å². The van der Waals surface area contributed by atoms with Gasteiger partial charge in [0.05, 0.1) is 6.61 Å². The van der Waals surface area contributed by atoms with Crippen LogP contribution in [0.5, 0.6) is 0 Å². The van der Waals surface area contributed by atoms with Crippen molar-refractivity contribution in [3.8, 4) is 0 Å². The summed E-state index contributed by atoms with van der Waals surface area (Å²) in [6.45, 7) is 1.11. The number of nitrogens with two attached hydrogens (primary N) is 1. The maximum absolute atomic E-state index is 13.8. The first-order valence-electron chi connectivity index (χ1n) is 5.88. The summed E-state index contributed by atoms with van der Waals surface area (Å²) < 4.78 is 44.1. The molecule has 1 aromatic carbocycles. The predicted octanol–water partition coefficient (Wildman–Crippen LogP) is 2.24. The van der Waals surface area contributed by atoms with E-state index in [1.807, 2.05) is 0 Å². The molecule has 2 N–H and O–H groups in total. The maximum atomic E-state index is 13.8. The Morgan fingerprint density at radius 1 is 1.42 bits per heavy atom. The fraction of sp³-hybridized carbons (Fsp3) is 0.462. The molecule has 0 aliphatic rings. The molecule has 0 aromatic heterocycles. The van der Waals surface area contributed by atoms with Gasteiger partial charge in [-0.05, 0) is 13.0 Å². The molecule has 0 heterocycles. The lowest BCUT2D eigenvalue weighted by molar-refractivity contribution is -0.151. The smallest absolute Gasteiger partial charge is 0.318 e. The van der Waals surface area contributed by atoms with Crippen LogP contribution in [0.4, 0.5) is 13.2 Å². The van der Waals surface area contributed by atoms with Crippen LogP contribution in [0.25, 0.3) is 0 Å². The van der Waals surface area contributed by atoms with Crippen LogP contribution in [0, 0.1) is 5.82 Å². The molecule has 0 radical (unpaired) electrons. The summed E-state index contributed by atoms with van der Waals surface area (Å²) >= 11 is 0. The number of alkyl halides is 2. The van der Waals surface area contributed by atoms with Crippen LogP contribution in [0.2, 0.25) is 0 Å². The number of benzene rings is 1. The van der Waals surface area contributed by atoms with E-state index in [9.17, 15) is 18.0 Å². The van der Waals surface area contributed by atoms with Gasteiger partial charge < -0.3 is 10.5 Å². The molecule has 1 unspecified atom stereocenters. The van der Waals surface area contributed by atoms with Crippen molar-refractivity contribution in [2.24, 2.45) is 5.73 Å². The number of esters is 1. The largest absolute Gasteiger partial charge is 0.465 e. The van der Waals surface area contributed by atoms with Gasteiger partial charge in [-0.2, -0.15) is 0 Å². The van der Waals surface area contributed by atoms with E-state index in [0.717, 1.165) is 6.07 Å². The highest BCUT2D eigenvalue weighted by Gasteiger charge is 2.44. The van der Waals surface area contributed by atoms with Crippen molar-refractivity contribution < 1.29 is 22.7 Å². The Hall–Kier alpha value is -1.56. The predicted molar refractivity (Wildman–Crippen MR) is 64.4 cm³/mol. The first-order chi connectivity index (χ1) is 8.97. The maximum Gasteiger partial charge on any atom is 0.318 e. The third-order valence-electron chi connectivity index (χ3n) is 2.91. The molecule has 19 heavy (non-hydrogen) atoms. The van der Waals surface area contributed by atoms with Crippen molar-refractivity contribution in [1.82, 2.24) is 0 Å². The first-order valence-corrected chi connectivity index (χ1v) is 5.88. The standard InChI is InChI=1S/C13H16F3NO2/c1-2-19-12(18)13(8-17,7-11(15)16)9-5-3-4-6-10(9)14/h3-6,11H,2,7-8,17H2,1H3. The molecule has 1 rings (SSSR count). The minimum absolute atomic E-state index is 0.0122. The van der Waals surface area contributed by atoms with Gasteiger partial charge in [0.1, 0.15) is 11.2 Å². The molecule has 0 bridgehead atoms. The Morgan fingerprint density at radius 3 is 2.53 bits per heavy atom. The second-order valence-corrected chi connectivity index (χ2v) is 4.08. The second-order valence-electron chi connectivity index (χ2n) is 4.08. The van der Waals surface area contributed by atoms with E-state index in [0.29, 0.717) is 0 Å². The summed E-state index contributed by atoms with van der Waals surface area (Å²) in [5.74, 6) is -1.68. The summed E-state index contributed by atoms with van der Waals surface area (Å²) in [5, 5.41) is 0. The van der Waals surface area contributed by atoms with Crippen LogP contribution in [-0.2, 0) is 14.9 Å². The molecule has 0 aliphatic heterocycles. The van der Waals surface area contributed by atoms with Gasteiger partial charge in [0.2, 0.25) is 6.43 Å². The molecule has 1 aromatic rings. The average molecular weight is 275 g/mol. The zero-order chi connectivity index (χ0) is 14.5. The normalized spacial score (nSPS) is 14.2. The van der Waals surface area contributed by atoms with Crippen molar-refractivity contribution in [3.05, 3.63) is 35.6 Å². The van der Waals surface area contributed by atoms with E-state index in [-0.39, 0.29) is 12.2 Å². The zero-order valence-electron chi connectivity index (χ0n) is 10.5. The van der Waals surface area contributed by atoms with E-state index in [2.05, 4.69) is 0 Å². The number of hydrogen-bond donors (Lipinski definition) is 1. The highest BCUT2D eigenvalue weighted by molar-refractivity contribution is 5.83. The van der Waals surface area contributed by atoms with E-state index < -0.39 is 36.6 Å². The molecule has 0 fully saturated rings. The summed E-state index contributed by atoms with van der Waals surface area (Å²) in [6.07, 6.45) is -3.67. The lowest BCUT2D eigenvalue weighted by atomic mass is 9.77. The van der Waals surface area contributed by atoms with Crippen molar-refractivity contribution in [2.45, 2.75) is 25.2 Å². The molecular formula is C13H16F3NO2. The minimum atomic E-state index is -2.80.